The molecule has 0 spiro atoms. The second-order valence-corrected chi connectivity index (χ2v) is 14.3. The summed E-state index contributed by atoms with van der Waals surface area (Å²) >= 11 is 6.48. The molecule has 1 N–H and O–H groups in total. The first-order chi connectivity index (χ1) is 20.1. The van der Waals surface area contributed by atoms with Gasteiger partial charge >= 0.3 is 0 Å². The van der Waals surface area contributed by atoms with Crippen LogP contribution in [0, 0.1) is 5.92 Å². The fraction of sp³-hybridized carbons (Fsp3) is 0.467. The number of hydrogen-bond donors (Lipinski definition) is 1. The third-order valence-electron chi connectivity index (χ3n) is 8.25. The molecule has 2 aliphatic heterocycles. The van der Waals surface area contributed by atoms with Crippen molar-refractivity contribution in [2.24, 2.45) is 5.92 Å². The van der Waals surface area contributed by atoms with Crippen molar-refractivity contribution in [1.82, 2.24) is 24.7 Å². The molecular formula is C30H36ClN7O3S. The van der Waals surface area contributed by atoms with Gasteiger partial charge in [0.05, 0.1) is 24.0 Å². The van der Waals surface area contributed by atoms with E-state index in [1.165, 1.54) is 11.8 Å². The third kappa shape index (κ3) is 5.95. The zero-order chi connectivity index (χ0) is 29.6. The van der Waals surface area contributed by atoms with E-state index in [0.717, 1.165) is 35.9 Å². The summed E-state index contributed by atoms with van der Waals surface area (Å²) in [5, 5.41) is 10.3. The Balaban J connectivity index is 1.26. The molecule has 0 radical (unpaired) electrons. The lowest BCUT2D eigenvalue weighted by Crippen LogP contribution is -2.57. The van der Waals surface area contributed by atoms with Gasteiger partial charge in [-0.3, -0.25) is 4.68 Å². The SMILES string of the molecule is CC(C)c1ccc(N2C[C@H](CS(C)(=O)=O)[C@H]2C)c2cnc(Nc3ccnc(-c4cn(C[C@@H]5CCCO5)nc4Cl)n3)cc12. The molecule has 1 aromatic carbocycles. The highest BCUT2D eigenvalue weighted by Gasteiger charge is 2.38. The summed E-state index contributed by atoms with van der Waals surface area (Å²) in [7, 11) is -3.02. The van der Waals surface area contributed by atoms with Crippen LogP contribution >= 0.6 is 11.6 Å². The zero-order valence-corrected chi connectivity index (χ0v) is 25.9. The van der Waals surface area contributed by atoms with Crippen molar-refractivity contribution in [2.45, 2.75) is 58.2 Å². The molecule has 3 atom stereocenters. The molecule has 0 bridgehead atoms. The van der Waals surface area contributed by atoms with Crippen LogP contribution in [0.3, 0.4) is 0 Å². The van der Waals surface area contributed by atoms with Crippen LogP contribution in [0.1, 0.15) is 45.1 Å². The van der Waals surface area contributed by atoms with Crippen LogP contribution in [0.25, 0.3) is 22.2 Å². The molecule has 6 rings (SSSR count). The van der Waals surface area contributed by atoms with Gasteiger partial charge in [0.25, 0.3) is 0 Å². The van der Waals surface area contributed by atoms with Crippen molar-refractivity contribution >= 4 is 49.5 Å². The topological polar surface area (TPSA) is 115 Å². The molecule has 12 heteroatoms. The predicted molar refractivity (Wildman–Crippen MR) is 166 cm³/mol. The Labute approximate surface area is 251 Å². The van der Waals surface area contributed by atoms with E-state index in [4.69, 9.17) is 26.3 Å². The number of rotatable bonds is 9. The van der Waals surface area contributed by atoms with Gasteiger partial charge in [0.2, 0.25) is 0 Å². The minimum Gasteiger partial charge on any atom is -0.376 e. The monoisotopic (exact) mass is 609 g/mol. The van der Waals surface area contributed by atoms with Crippen molar-refractivity contribution in [3.05, 3.63) is 53.6 Å². The Morgan fingerprint density at radius 1 is 1.17 bits per heavy atom. The minimum atomic E-state index is -3.02. The number of anilines is 3. The van der Waals surface area contributed by atoms with Crippen LogP contribution in [-0.4, -0.2) is 70.5 Å². The summed E-state index contributed by atoms with van der Waals surface area (Å²) in [5.41, 5.74) is 2.95. The number of nitrogens with one attached hydrogen (secondary N) is 1. The van der Waals surface area contributed by atoms with E-state index < -0.39 is 9.84 Å². The number of aromatic nitrogens is 5. The molecular weight excluding hydrogens is 574 g/mol. The van der Waals surface area contributed by atoms with E-state index in [1.54, 1.807) is 16.9 Å². The van der Waals surface area contributed by atoms with E-state index in [-0.39, 0.29) is 23.8 Å². The Bertz CT molecular complexity index is 1720. The number of sulfone groups is 1. The normalized spacial score (nSPS) is 20.8. The molecule has 0 saturated carbocycles. The van der Waals surface area contributed by atoms with Gasteiger partial charge in [0.15, 0.2) is 11.0 Å². The van der Waals surface area contributed by atoms with Gasteiger partial charge in [-0.25, -0.2) is 23.4 Å². The maximum absolute atomic E-state index is 11.9. The summed E-state index contributed by atoms with van der Waals surface area (Å²) in [5.74, 6) is 2.38. The summed E-state index contributed by atoms with van der Waals surface area (Å²) in [6.45, 7) is 8.59. The van der Waals surface area contributed by atoms with Crippen LogP contribution in [0.4, 0.5) is 17.3 Å². The lowest BCUT2D eigenvalue weighted by atomic mass is 9.88. The first-order valence-electron chi connectivity index (χ1n) is 14.4. The van der Waals surface area contributed by atoms with E-state index >= 15 is 0 Å². The summed E-state index contributed by atoms with van der Waals surface area (Å²) in [4.78, 5) is 16.2. The highest BCUT2D eigenvalue weighted by atomic mass is 35.5. The largest absolute Gasteiger partial charge is 0.376 e. The highest BCUT2D eigenvalue weighted by molar-refractivity contribution is 7.90. The fourth-order valence-corrected chi connectivity index (χ4v) is 7.38. The Morgan fingerprint density at radius 2 is 2.00 bits per heavy atom. The lowest BCUT2D eigenvalue weighted by Gasteiger charge is -2.48. The molecule has 10 nitrogen and oxygen atoms in total. The third-order valence-corrected chi connectivity index (χ3v) is 9.56. The first-order valence-corrected chi connectivity index (χ1v) is 16.8. The average molecular weight is 610 g/mol. The van der Waals surface area contributed by atoms with Crippen LogP contribution in [-0.2, 0) is 21.1 Å². The molecule has 2 saturated heterocycles. The smallest absolute Gasteiger partial charge is 0.166 e. The molecule has 4 aromatic rings. The van der Waals surface area contributed by atoms with Crippen molar-refractivity contribution < 1.29 is 13.2 Å². The van der Waals surface area contributed by atoms with Gasteiger partial charge < -0.3 is 15.0 Å². The highest BCUT2D eigenvalue weighted by Crippen LogP contribution is 2.39. The molecule has 5 heterocycles. The fourth-order valence-electron chi connectivity index (χ4n) is 5.98. The van der Waals surface area contributed by atoms with Gasteiger partial charge in [0.1, 0.15) is 21.5 Å². The zero-order valence-electron chi connectivity index (χ0n) is 24.3. The summed E-state index contributed by atoms with van der Waals surface area (Å²) in [6.07, 6.45) is 8.99. The number of hydrogen-bond acceptors (Lipinski definition) is 9. The second kappa shape index (κ2) is 11.4. The number of benzene rings is 1. The molecule has 3 aromatic heterocycles. The van der Waals surface area contributed by atoms with Gasteiger partial charge in [-0.05, 0) is 54.8 Å². The van der Waals surface area contributed by atoms with Crippen molar-refractivity contribution in [1.29, 1.82) is 0 Å². The molecule has 0 aliphatic carbocycles. The molecule has 2 fully saturated rings. The van der Waals surface area contributed by atoms with Crippen LogP contribution < -0.4 is 10.2 Å². The predicted octanol–water partition coefficient (Wildman–Crippen LogP) is 5.46. The summed E-state index contributed by atoms with van der Waals surface area (Å²) in [6, 6.07) is 8.29. The Hall–Kier alpha value is -3.28. The second-order valence-electron chi connectivity index (χ2n) is 11.8. The van der Waals surface area contributed by atoms with Gasteiger partial charge in [-0.2, -0.15) is 5.10 Å². The first kappa shape index (κ1) is 28.8. The number of nitrogens with zero attached hydrogens (tertiary/aromatic N) is 6. The maximum Gasteiger partial charge on any atom is 0.166 e. The number of ether oxygens (including phenoxy) is 1. The van der Waals surface area contributed by atoms with Crippen molar-refractivity contribution in [2.75, 3.05) is 35.4 Å². The molecule has 42 heavy (non-hydrogen) atoms. The minimum absolute atomic E-state index is 0.123. The van der Waals surface area contributed by atoms with Gasteiger partial charge in [-0.15, -0.1) is 0 Å². The Kier molecular flexibility index (Phi) is 7.84. The molecule has 2 aliphatic rings. The average Bonchev–Trinajstić information content (AvgIpc) is 3.59. The number of pyridine rings is 1. The van der Waals surface area contributed by atoms with E-state index in [0.29, 0.717) is 47.2 Å². The maximum atomic E-state index is 11.9. The van der Waals surface area contributed by atoms with Gasteiger partial charge in [-0.1, -0.05) is 31.5 Å². The van der Waals surface area contributed by atoms with Crippen molar-refractivity contribution in [3.8, 4) is 11.4 Å². The molecule has 0 unspecified atom stereocenters. The van der Waals surface area contributed by atoms with Gasteiger partial charge in [0, 0.05) is 61.0 Å². The standard InChI is InChI=1S/C30H36ClN7O3S/c1-18(2)22-7-8-26(38-14-20(19(38)3)17-42(4,39)40)24-13-33-28(12-23(22)24)34-27-9-10-32-30(35-27)25-16-37(36-29(25)31)15-21-6-5-11-41-21/h7-10,12-13,16,18-21H,5-6,11,14-15,17H2,1-4H3,(H,32,33,34,35)/t19-,20-,21+/m1/s1. The lowest BCUT2D eigenvalue weighted by molar-refractivity contribution is 0.0940. The number of halogens is 1. The van der Waals surface area contributed by atoms with Crippen LogP contribution in [0.5, 0.6) is 0 Å². The van der Waals surface area contributed by atoms with E-state index in [9.17, 15) is 8.42 Å². The van der Waals surface area contributed by atoms with E-state index in [1.807, 2.05) is 12.4 Å². The van der Waals surface area contributed by atoms with E-state index in [2.05, 4.69) is 59.3 Å². The van der Waals surface area contributed by atoms with Crippen LogP contribution in [0.15, 0.2) is 42.9 Å². The quantitative estimate of drug-likeness (QED) is 0.264. The van der Waals surface area contributed by atoms with Crippen LogP contribution in [0.2, 0.25) is 5.15 Å². The molecule has 222 valence electrons. The summed E-state index contributed by atoms with van der Waals surface area (Å²) < 4.78 is 31.3. The Morgan fingerprint density at radius 3 is 2.71 bits per heavy atom. The van der Waals surface area contributed by atoms with Crippen molar-refractivity contribution in [3.63, 3.8) is 0 Å². The number of fused-ring (bicyclic) bond motifs is 1. The molecule has 0 amide bonds.